The van der Waals surface area contributed by atoms with Crippen LogP contribution in [0.15, 0.2) is 65.2 Å². The molecule has 0 aliphatic heterocycles. The molecule has 0 aromatic carbocycles. The first kappa shape index (κ1) is 23.8. The molecule has 4 N–H and O–H groups in total. The van der Waals surface area contributed by atoms with Gasteiger partial charge in [0.25, 0.3) is 0 Å². The Morgan fingerprint density at radius 1 is 1.33 bits per heavy atom. The molecule has 0 bridgehead atoms. The van der Waals surface area contributed by atoms with Crippen molar-refractivity contribution in [2.24, 2.45) is 10.7 Å². The van der Waals surface area contributed by atoms with Gasteiger partial charge >= 0.3 is 0 Å². The van der Waals surface area contributed by atoms with E-state index in [0.717, 1.165) is 36.3 Å². The van der Waals surface area contributed by atoms with Crippen LogP contribution in [0.3, 0.4) is 0 Å². The Bertz CT molecular complexity index is 1210. The predicted octanol–water partition coefficient (Wildman–Crippen LogP) is 2.31. The summed E-state index contributed by atoms with van der Waals surface area (Å²) < 4.78 is 0. The number of hydrogen-bond acceptors (Lipinski definition) is 6. The number of rotatable bonds is 10. The van der Waals surface area contributed by atoms with Gasteiger partial charge in [-0.25, -0.2) is 9.97 Å². The van der Waals surface area contributed by atoms with Crippen molar-refractivity contribution in [1.82, 2.24) is 9.97 Å². The van der Waals surface area contributed by atoms with Crippen LogP contribution < -0.4 is 21.6 Å². The van der Waals surface area contributed by atoms with Crippen LogP contribution in [0.25, 0.3) is 11.6 Å². The first-order valence-corrected chi connectivity index (χ1v) is 11.0. The highest BCUT2D eigenvalue weighted by Gasteiger charge is 2.16. The number of hydrogen-bond donors (Lipinski definition) is 3. The highest BCUT2D eigenvalue weighted by Crippen LogP contribution is 2.25. The third-order valence-electron chi connectivity index (χ3n) is 5.36. The van der Waals surface area contributed by atoms with E-state index in [1.165, 1.54) is 17.4 Å². The second-order valence-corrected chi connectivity index (χ2v) is 7.72. The molecule has 0 spiro atoms. The smallest absolute Gasteiger partial charge is 0.249 e. The molecule has 1 aromatic rings. The van der Waals surface area contributed by atoms with Gasteiger partial charge in [0.1, 0.15) is 11.6 Å². The molecule has 2 aliphatic carbocycles. The molecular formula is C26H30N6O. The van der Waals surface area contributed by atoms with Crippen molar-refractivity contribution in [3.63, 3.8) is 0 Å². The van der Waals surface area contributed by atoms with Crippen molar-refractivity contribution in [1.29, 1.82) is 5.41 Å². The minimum Gasteiger partial charge on any atom is -0.366 e. The predicted molar refractivity (Wildman–Crippen MR) is 136 cm³/mol. The van der Waals surface area contributed by atoms with E-state index in [9.17, 15) is 4.79 Å². The fourth-order valence-electron chi connectivity index (χ4n) is 3.82. The topological polar surface area (TPSA) is 117 Å². The standard InChI is InChI=1S/C26H30N6O/c1-3-4-11-20(27)17-30-26-24-21(18-9-6-5-7-10-18)12-8-13-22(24)31-23(32-26)15-14-19(16-29-2)25(28)33/h3-6,9,11,13-14,16,27H,1,7-8,10,12,15,17H2,2H3,(H2,28,33)(H,30,31,32)/b11-4-,19-14+,27-20?,29-16-. The summed E-state index contributed by atoms with van der Waals surface area (Å²) in [6.45, 7) is 3.97. The van der Waals surface area contributed by atoms with Crippen molar-refractivity contribution in [2.45, 2.75) is 32.1 Å². The summed E-state index contributed by atoms with van der Waals surface area (Å²) in [5.74, 6) is 0.730. The molecule has 1 heterocycles. The van der Waals surface area contributed by atoms with E-state index in [0.29, 0.717) is 35.9 Å². The quantitative estimate of drug-likeness (QED) is 0.293. The lowest BCUT2D eigenvalue weighted by molar-refractivity contribution is -0.114. The summed E-state index contributed by atoms with van der Waals surface area (Å²) >= 11 is 0. The van der Waals surface area contributed by atoms with Crippen molar-refractivity contribution < 1.29 is 4.79 Å². The van der Waals surface area contributed by atoms with Gasteiger partial charge < -0.3 is 16.5 Å². The van der Waals surface area contributed by atoms with Crippen LogP contribution in [0.1, 0.15) is 31.5 Å². The average Bonchev–Trinajstić information content (AvgIpc) is 2.83. The van der Waals surface area contributed by atoms with Crippen LogP contribution in [0.5, 0.6) is 0 Å². The number of anilines is 1. The molecule has 3 rings (SSSR count). The Kier molecular flexibility index (Phi) is 8.41. The number of allylic oxidation sites excluding steroid dienone is 7. The summed E-state index contributed by atoms with van der Waals surface area (Å²) in [5.41, 5.74) is 8.74. The van der Waals surface area contributed by atoms with Gasteiger partial charge in [-0.05, 0) is 42.9 Å². The third kappa shape index (κ3) is 6.32. The van der Waals surface area contributed by atoms with Gasteiger partial charge in [-0.15, -0.1) is 0 Å². The number of aliphatic imine (C=N–C) groups is 1. The molecule has 33 heavy (non-hydrogen) atoms. The minimum atomic E-state index is -0.543. The zero-order valence-electron chi connectivity index (χ0n) is 19.0. The van der Waals surface area contributed by atoms with Gasteiger partial charge in [0, 0.05) is 24.9 Å². The fraction of sp³-hybridized carbons (Fsp3) is 0.269. The van der Waals surface area contributed by atoms with Gasteiger partial charge in [-0.3, -0.25) is 9.79 Å². The molecule has 170 valence electrons. The van der Waals surface area contributed by atoms with Crippen LogP contribution in [0.2, 0.25) is 0 Å². The largest absolute Gasteiger partial charge is 0.366 e. The summed E-state index contributed by atoms with van der Waals surface area (Å²) in [4.78, 5) is 25.1. The Balaban J connectivity index is 2.08. The lowest BCUT2D eigenvalue weighted by Crippen LogP contribution is -2.38. The molecule has 7 nitrogen and oxygen atoms in total. The van der Waals surface area contributed by atoms with Crippen LogP contribution in [0.4, 0.5) is 5.82 Å². The molecule has 1 aromatic heterocycles. The van der Waals surface area contributed by atoms with Gasteiger partial charge in [0.2, 0.25) is 5.91 Å². The minimum absolute atomic E-state index is 0.319. The van der Waals surface area contributed by atoms with Gasteiger partial charge in [0.05, 0.1) is 23.2 Å². The Labute approximate surface area is 194 Å². The van der Waals surface area contributed by atoms with Crippen LogP contribution in [-0.4, -0.2) is 41.4 Å². The van der Waals surface area contributed by atoms with Gasteiger partial charge in [-0.1, -0.05) is 49.1 Å². The maximum absolute atomic E-state index is 11.6. The van der Waals surface area contributed by atoms with E-state index in [2.05, 4.69) is 41.2 Å². The first-order chi connectivity index (χ1) is 16.0. The Hall–Kier alpha value is -3.87. The van der Waals surface area contributed by atoms with E-state index in [4.69, 9.17) is 21.1 Å². The summed E-state index contributed by atoms with van der Waals surface area (Å²) in [5, 5.41) is 13.4. The maximum Gasteiger partial charge on any atom is 0.249 e. The summed E-state index contributed by atoms with van der Waals surface area (Å²) in [7, 11) is 1.59. The second-order valence-electron chi connectivity index (χ2n) is 7.72. The van der Waals surface area contributed by atoms with Crippen LogP contribution in [-0.2, 0) is 11.2 Å². The van der Waals surface area contributed by atoms with Crippen LogP contribution >= 0.6 is 0 Å². The molecule has 2 aliphatic rings. The highest BCUT2D eigenvalue weighted by molar-refractivity contribution is 6.11. The van der Waals surface area contributed by atoms with E-state index >= 15 is 0 Å². The zero-order chi connectivity index (χ0) is 23.6. The number of amides is 1. The van der Waals surface area contributed by atoms with Crippen molar-refractivity contribution in [3.8, 4) is 0 Å². The van der Waals surface area contributed by atoms with Crippen molar-refractivity contribution >= 4 is 35.3 Å². The molecule has 1 amide bonds. The molecular weight excluding hydrogens is 412 g/mol. The van der Waals surface area contributed by atoms with E-state index < -0.39 is 5.91 Å². The Morgan fingerprint density at radius 2 is 2.18 bits per heavy atom. The number of primary amides is 1. The molecule has 0 unspecified atom stereocenters. The van der Waals surface area contributed by atoms with Gasteiger partial charge in [0.15, 0.2) is 0 Å². The molecule has 7 heteroatoms. The monoisotopic (exact) mass is 442 g/mol. The zero-order valence-corrected chi connectivity index (χ0v) is 19.0. The maximum atomic E-state index is 11.6. The van der Waals surface area contributed by atoms with E-state index in [1.54, 1.807) is 31.4 Å². The Morgan fingerprint density at radius 3 is 2.88 bits per heavy atom. The first-order valence-electron chi connectivity index (χ1n) is 11.0. The van der Waals surface area contributed by atoms with E-state index in [1.807, 2.05) is 0 Å². The fourth-order valence-corrected chi connectivity index (χ4v) is 3.82. The number of carbonyl (C=O) groups is 1. The number of nitrogens with zero attached hydrogens (tertiary/aromatic N) is 3. The lowest BCUT2D eigenvalue weighted by Gasteiger charge is -2.18. The molecule has 0 radical (unpaired) electrons. The molecule has 0 saturated carbocycles. The normalized spacial score (nSPS) is 15.8. The van der Waals surface area contributed by atoms with Crippen LogP contribution in [0, 0.1) is 5.41 Å². The van der Waals surface area contributed by atoms with Gasteiger partial charge in [-0.2, -0.15) is 0 Å². The molecule has 0 saturated heterocycles. The van der Waals surface area contributed by atoms with Crippen molar-refractivity contribution in [2.75, 3.05) is 18.9 Å². The number of nitrogens with two attached hydrogens (primary N) is 1. The summed E-state index contributed by atoms with van der Waals surface area (Å²) in [6, 6.07) is 0. The molecule has 0 atom stereocenters. The number of nitrogens with one attached hydrogen (secondary N) is 2. The van der Waals surface area contributed by atoms with Crippen molar-refractivity contribution in [3.05, 3.63) is 76.6 Å². The van der Waals surface area contributed by atoms with E-state index in [-0.39, 0.29) is 0 Å². The second kappa shape index (κ2) is 11.7. The lowest BCUT2D eigenvalue weighted by atomic mass is 9.90. The summed E-state index contributed by atoms with van der Waals surface area (Å²) in [6.07, 6.45) is 21.0. The average molecular weight is 443 g/mol. The number of aromatic nitrogens is 2. The number of fused-ring (bicyclic) bond motifs is 1. The number of carbonyl (C=O) groups excluding carboxylic acids is 1. The molecule has 0 fully saturated rings. The highest BCUT2D eigenvalue weighted by atomic mass is 16.1. The third-order valence-corrected chi connectivity index (χ3v) is 5.36. The SMILES string of the molecule is C=C/C=C\C(=N)CNc1nc(C/C=C(\C=N/C)C(N)=O)nc2c1=C(C1=CC=CCC1)CCC=2.